The molecule has 1 unspecified atom stereocenters. The van der Waals surface area contributed by atoms with Gasteiger partial charge in [0.25, 0.3) is 11.8 Å². The fourth-order valence-corrected chi connectivity index (χ4v) is 5.23. The molecular formula is C20H18N7O7S+. The van der Waals surface area contributed by atoms with Gasteiger partial charge in [-0.15, -0.1) is 11.8 Å². The van der Waals surface area contributed by atoms with E-state index in [1.165, 1.54) is 23.8 Å². The number of hydrogen-bond acceptors (Lipinski definition) is 11. The van der Waals surface area contributed by atoms with E-state index in [1.807, 2.05) is 10.8 Å². The maximum atomic E-state index is 12.9. The van der Waals surface area contributed by atoms with Crippen molar-refractivity contribution in [1.82, 2.24) is 20.4 Å². The van der Waals surface area contributed by atoms with Gasteiger partial charge in [0.05, 0.1) is 11.6 Å². The summed E-state index contributed by atoms with van der Waals surface area (Å²) in [5.41, 5.74) is 6.23. The molecule has 35 heavy (non-hydrogen) atoms. The summed E-state index contributed by atoms with van der Waals surface area (Å²) in [7, 11) is 1.22. The quantitative estimate of drug-likeness (QED) is 0.164. The molecule has 180 valence electrons. The lowest BCUT2D eigenvalue weighted by Gasteiger charge is -2.49. The van der Waals surface area contributed by atoms with Crippen molar-refractivity contribution in [3.63, 3.8) is 0 Å². The minimum absolute atomic E-state index is 0.0965. The molecule has 4 N–H and O–H groups in total. The average Bonchev–Trinajstić information content (AvgIpc) is 3.48. The summed E-state index contributed by atoms with van der Waals surface area (Å²) in [6.07, 6.45) is 5.18. The third-order valence-corrected chi connectivity index (χ3v) is 6.75. The Labute approximate surface area is 200 Å². The number of hydrogen-bond donors (Lipinski definition) is 3. The first kappa shape index (κ1) is 22.4. The maximum absolute atomic E-state index is 12.9. The summed E-state index contributed by atoms with van der Waals surface area (Å²) < 4.78 is 11.8. The number of rotatable bonds is 7. The van der Waals surface area contributed by atoms with Crippen LogP contribution >= 0.6 is 11.8 Å². The number of aromatic nitrogens is 3. The highest BCUT2D eigenvalue weighted by atomic mass is 32.2. The number of nitrogens with two attached hydrogens (primary N) is 1. The van der Waals surface area contributed by atoms with Crippen LogP contribution in [0.1, 0.15) is 5.82 Å². The average molecular weight is 500 g/mol. The van der Waals surface area contributed by atoms with Crippen LogP contribution < -0.4 is 15.6 Å². The number of carbonyl (C=O) groups excluding carboxylic acids is 2. The molecule has 0 radical (unpaired) electrons. The van der Waals surface area contributed by atoms with Crippen LogP contribution in [0.25, 0.3) is 11.0 Å². The van der Waals surface area contributed by atoms with Gasteiger partial charge in [-0.3, -0.25) is 14.5 Å². The van der Waals surface area contributed by atoms with Gasteiger partial charge in [0, 0.05) is 17.4 Å². The predicted octanol–water partition coefficient (Wildman–Crippen LogP) is -0.525. The number of furan rings is 1. The van der Waals surface area contributed by atoms with Crippen LogP contribution in [0, 0.1) is 0 Å². The second kappa shape index (κ2) is 8.75. The minimum atomic E-state index is -1.22. The number of carboxylic acid groups (broad SMARTS) is 1. The Hall–Kier alpha value is -4.40. The van der Waals surface area contributed by atoms with Crippen molar-refractivity contribution in [2.75, 3.05) is 18.6 Å². The van der Waals surface area contributed by atoms with E-state index in [0.29, 0.717) is 16.9 Å². The molecule has 2 amide bonds. The highest BCUT2D eigenvalue weighted by molar-refractivity contribution is 8.00. The number of fused-ring (bicyclic) bond motifs is 2. The Morgan fingerprint density at radius 1 is 1.46 bits per heavy atom. The molecule has 2 atom stereocenters. The van der Waals surface area contributed by atoms with Crippen molar-refractivity contribution in [2.45, 2.75) is 18.0 Å². The van der Waals surface area contributed by atoms with Crippen molar-refractivity contribution in [1.29, 1.82) is 0 Å². The molecule has 14 nitrogen and oxygen atoms in total. The smallest absolute Gasteiger partial charge is 0.352 e. The number of oxime groups is 1. The van der Waals surface area contributed by atoms with Crippen LogP contribution in [0.2, 0.25) is 0 Å². The zero-order chi connectivity index (χ0) is 24.7. The third kappa shape index (κ3) is 3.95. The monoisotopic (exact) mass is 500 g/mol. The van der Waals surface area contributed by atoms with Crippen molar-refractivity contribution < 1.29 is 37.8 Å². The van der Waals surface area contributed by atoms with Gasteiger partial charge in [0.15, 0.2) is 18.9 Å². The number of carboxylic acids is 1. The van der Waals surface area contributed by atoms with Gasteiger partial charge in [-0.2, -0.15) is 4.98 Å². The molecule has 0 spiro atoms. The van der Waals surface area contributed by atoms with Crippen LogP contribution in [0.5, 0.6) is 0 Å². The van der Waals surface area contributed by atoms with E-state index in [-0.39, 0.29) is 29.8 Å². The Kier molecular flexibility index (Phi) is 5.60. The molecule has 15 heteroatoms. The molecule has 3 aromatic rings. The lowest BCUT2D eigenvalue weighted by atomic mass is 10.0. The van der Waals surface area contributed by atoms with E-state index in [1.54, 1.807) is 24.6 Å². The zero-order valence-electron chi connectivity index (χ0n) is 18.1. The standard InChI is InChI=1S/C20H17N7O7S/c1-32-24-12(15-23-20(21)34-25-15)16(28)22-13-17(29)27-14(19(30)31)10(8-35-18(13)27)7-26-4-2-11-9(6-26)3-5-33-11/h2-6,13,18H,7-8H2,1H3,(H3-,21,22,23,25,28,30,31)/p+1/t13?,18-/m1/s1. The molecule has 1 fully saturated rings. The topological polar surface area (TPSA) is 190 Å². The summed E-state index contributed by atoms with van der Waals surface area (Å²) in [5, 5.41) is 19.8. The van der Waals surface area contributed by atoms with Gasteiger partial charge in [-0.05, 0) is 6.07 Å². The largest absolute Gasteiger partial charge is 0.477 e. The first-order chi connectivity index (χ1) is 16.9. The number of β-lactam (4-membered cyclic amide) rings is 1. The van der Waals surface area contributed by atoms with Crippen molar-refractivity contribution in [3.8, 4) is 0 Å². The van der Waals surface area contributed by atoms with Gasteiger partial charge in [-0.1, -0.05) is 10.3 Å². The Morgan fingerprint density at radius 2 is 2.29 bits per heavy atom. The van der Waals surface area contributed by atoms with E-state index in [2.05, 4.69) is 30.0 Å². The van der Waals surface area contributed by atoms with Gasteiger partial charge >= 0.3 is 12.0 Å². The van der Waals surface area contributed by atoms with Crippen molar-refractivity contribution in [3.05, 3.63) is 47.9 Å². The molecule has 0 bridgehead atoms. The van der Waals surface area contributed by atoms with Crippen LogP contribution in [0.3, 0.4) is 0 Å². The van der Waals surface area contributed by atoms with Crippen LogP contribution in [0.4, 0.5) is 6.01 Å². The minimum Gasteiger partial charge on any atom is -0.477 e. The molecule has 0 aliphatic carbocycles. The van der Waals surface area contributed by atoms with Gasteiger partial charge in [0.1, 0.15) is 29.8 Å². The van der Waals surface area contributed by atoms with Gasteiger partial charge < -0.3 is 29.9 Å². The number of aliphatic carboxylic acids is 1. The maximum Gasteiger partial charge on any atom is 0.352 e. The first-order valence-electron chi connectivity index (χ1n) is 10.1. The fraction of sp³-hybridized carbons (Fsp3) is 0.250. The van der Waals surface area contributed by atoms with Crippen LogP contribution in [0.15, 0.2) is 56.2 Å². The number of thioether (sulfide) groups is 1. The number of anilines is 1. The fourth-order valence-electron chi connectivity index (χ4n) is 3.90. The van der Waals surface area contributed by atoms with Gasteiger partial charge in [-0.25, -0.2) is 9.36 Å². The Morgan fingerprint density at radius 3 is 3.00 bits per heavy atom. The molecule has 2 aliphatic heterocycles. The lowest BCUT2D eigenvalue weighted by molar-refractivity contribution is -0.687. The van der Waals surface area contributed by atoms with E-state index >= 15 is 0 Å². The third-order valence-electron chi connectivity index (χ3n) is 5.41. The highest BCUT2D eigenvalue weighted by Crippen LogP contribution is 2.40. The molecule has 1 saturated heterocycles. The number of pyridine rings is 1. The van der Waals surface area contributed by atoms with Crippen LogP contribution in [-0.2, 0) is 25.8 Å². The van der Waals surface area contributed by atoms with E-state index in [9.17, 15) is 19.5 Å². The molecule has 5 rings (SSSR count). The first-order valence-corrected chi connectivity index (χ1v) is 11.2. The summed E-state index contributed by atoms with van der Waals surface area (Å²) in [6.45, 7) is 0.271. The second-order valence-corrected chi connectivity index (χ2v) is 8.66. The molecule has 2 aliphatic rings. The summed E-state index contributed by atoms with van der Waals surface area (Å²) in [5.74, 6) is -2.47. The molecule has 0 aromatic carbocycles. The van der Waals surface area contributed by atoms with Crippen LogP contribution in [-0.4, -0.2) is 67.9 Å². The number of nitrogens with one attached hydrogen (secondary N) is 1. The number of amides is 2. The Bertz CT molecular complexity index is 1410. The number of carbonyl (C=O) groups is 3. The zero-order valence-corrected chi connectivity index (χ0v) is 18.9. The summed E-state index contributed by atoms with van der Waals surface area (Å²) in [4.78, 5) is 47.4. The van der Waals surface area contributed by atoms with E-state index < -0.39 is 29.2 Å². The molecule has 3 aromatic heterocycles. The summed E-state index contributed by atoms with van der Waals surface area (Å²) in [6, 6.07) is 2.33. The molecule has 5 heterocycles. The van der Waals surface area contributed by atoms with Crippen molar-refractivity contribution >= 4 is 52.2 Å². The SMILES string of the molecule is CON=C(C(=O)NC1C(=O)N2C(C(=O)O)=C(C[n+]3ccc4occc4c3)CS[C@H]12)c1noc(N)n1. The highest BCUT2D eigenvalue weighted by Gasteiger charge is 2.55. The number of nitrogens with zero attached hydrogens (tertiary/aromatic N) is 5. The Balaban J connectivity index is 1.36. The van der Waals surface area contributed by atoms with Gasteiger partial charge in [0.2, 0.25) is 11.5 Å². The number of nitrogen functional groups attached to an aromatic ring is 1. The van der Waals surface area contributed by atoms with E-state index in [4.69, 9.17) is 10.2 Å². The normalized spacial score (nSPS) is 20.0. The lowest BCUT2D eigenvalue weighted by Crippen LogP contribution is -2.71. The van der Waals surface area contributed by atoms with E-state index in [0.717, 1.165) is 5.39 Å². The second-order valence-electron chi connectivity index (χ2n) is 7.55. The van der Waals surface area contributed by atoms with Crippen molar-refractivity contribution in [2.24, 2.45) is 5.16 Å². The predicted molar refractivity (Wildman–Crippen MR) is 118 cm³/mol. The molecular weight excluding hydrogens is 482 g/mol. The molecule has 0 saturated carbocycles. The summed E-state index contributed by atoms with van der Waals surface area (Å²) >= 11 is 1.34.